The molecule has 5 nitrogen and oxygen atoms in total. The lowest BCUT2D eigenvalue weighted by molar-refractivity contribution is 0.0510. The first-order valence-electron chi connectivity index (χ1n) is 6.15. The van der Waals surface area contributed by atoms with Crippen LogP contribution >= 0.6 is 46.6 Å². The molecule has 0 aliphatic heterocycles. The third kappa shape index (κ3) is 3.75. The molecule has 0 aliphatic rings. The quantitative estimate of drug-likeness (QED) is 0.455. The van der Waals surface area contributed by atoms with E-state index in [1.54, 1.807) is 24.5 Å². The monoisotopic (exact) mass is 390 g/mol. The summed E-state index contributed by atoms with van der Waals surface area (Å²) in [6, 6.07) is 6.69. The summed E-state index contributed by atoms with van der Waals surface area (Å²) < 4.78 is 4.47. The van der Waals surface area contributed by atoms with Crippen LogP contribution in [0.1, 0.15) is 15.9 Å². The van der Waals surface area contributed by atoms with E-state index in [0.717, 1.165) is 11.8 Å². The van der Waals surface area contributed by atoms with Gasteiger partial charge in [0, 0.05) is 11.1 Å². The summed E-state index contributed by atoms with van der Waals surface area (Å²) in [4.78, 5) is 25.0. The fourth-order valence-electron chi connectivity index (χ4n) is 2.00. The van der Waals surface area contributed by atoms with Gasteiger partial charge < -0.3 is 4.74 Å². The topological polar surface area (TPSA) is 71.6 Å². The minimum Gasteiger partial charge on any atom is -0.457 e. The molecule has 0 spiro atoms. The number of carbonyl (C=O) groups is 1. The highest BCUT2D eigenvalue weighted by atomic mass is 35.6. The minimum absolute atomic E-state index is 0.0866. The Bertz CT molecular complexity index is 868. The van der Waals surface area contributed by atoms with Crippen LogP contribution in [-0.2, 0) is 4.74 Å². The first-order valence-corrected chi connectivity index (χ1v) is 8.51. The second kappa shape index (κ2) is 7.02. The second-order valence-electron chi connectivity index (χ2n) is 4.35. The van der Waals surface area contributed by atoms with Crippen LogP contribution in [0.5, 0.6) is 0 Å². The molecular formula is C14H9Cl3N2O3S. The van der Waals surface area contributed by atoms with Gasteiger partial charge in [-0.2, -0.15) is 5.26 Å². The van der Waals surface area contributed by atoms with Crippen molar-refractivity contribution in [1.29, 1.82) is 5.26 Å². The van der Waals surface area contributed by atoms with Gasteiger partial charge in [-0.3, -0.25) is 9.20 Å². The number of thioether (sulfide) groups is 1. The molecule has 0 aromatic carbocycles. The van der Waals surface area contributed by atoms with Crippen LogP contribution in [0.2, 0.25) is 0 Å². The van der Waals surface area contributed by atoms with E-state index in [1.807, 2.05) is 6.07 Å². The van der Waals surface area contributed by atoms with Gasteiger partial charge in [-0.05, 0) is 18.4 Å². The largest absolute Gasteiger partial charge is 0.457 e. The van der Waals surface area contributed by atoms with Crippen LogP contribution < -0.4 is 5.56 Å². The molecule has 120 valence electrons. The van der Waals surface area contributed by atoms with Gasteiger partial charge in [0.2, 0.25) is 3.79 Å². The van der Waals surface area contributed by atoms with Crippen LogP contribution in [-0.4, -0.2) is 27.0 Å². The number of hydrogen-bond acceptors (Lipinski definition) is 5. The molecule has 0 radical (unpaired) electrons. The van der Waals surface area contributed by atoms with Gasteiger partial charge in [-0.15, -0.1) is 11.8 Å². The zero-order valence-corrected chi connectivity index (χ0v) is 14.8. The van der Waals surface area contributed by atoms with Gasteiger partial charge in [0.1, 0.15) is 18.2 Å². The molecule has 0 unspecified atom stereocenters. The van der Waals surface area contributed by atoms with Gasteiger partial charge in [0.15, 0.2) is 0 Å². The number of aromatic nitrogens is 1. The van der Waals surface area contributed by atoms with E-state index in [4.69, 9.17) is 39.5 Å². The number of esters is 1. The highest BCUT2D eigenvalue weighted by Crippen LogP contribution is 2.29. The first kappa shape index (κ1) is 18.0. The predicted molar refractivity (Wildman–Crippen MR) is 90.7 cm³/mol. The summed E-state index contributed by atoms with van der Waals surface area (Å²) in [6.45, 7) is -0.454. The number of halogens is 3. The third-order valence-electron chi connectivity index (χ3n) is 2.89. The number of hydrogen-bond donors (Lipinski definition) is 0. The second-order valence-corrected chi connectivity index (χ2v) is 7.68. The molecule has 0 atom stereocenters. The van der Waals surface area contributed by atoms with E-state index in [9.17, 15) is 14.9 Å². The smallest absolute Gasteiger partial charge is 0.341 e. The van der Waals surface area contributed by atoms with Crippen molar-refractivity contribution in [3.63, 3.8) is 0 Å². The molecule has 0 saturated heterocycles. The number of rotatable bonds is 3. The number of pyridine rings is 2. The molecular weight excluding hydrogens is 383 g/mol. The first-order chi connectivity index (χ1) is 10.8. The summed E-state index contributed by atoms with van der Waals surface area (Å²) in [5, 5.41) is 9.26. The molecule has 9 heteroatoms. The average Bonchev–Trinajstić information content (AvgIpc) is 2.51. The van der Waals surface area contributed by atoms with Crippen molar-refractivity contribution < 1.29 is 9.53 Å². The van der Waals surface area contributed by atoms with Crippen LogP contribution in [0.25, 0.3) is 5.52 Å². The number of carbonyl (C=O) groups excluding carboxylic acids is 1. The summed E-state index contributed by atoms with van der Waals surface area (Å²) in [6.07, 6.45) is 3.12. The van der Waals surface area contributed by atoms with Crippen LogP contribution in [0.3, 0.4) is 0 Å². The van der Waals surface area contributed by atoms with Crippen molar-refractivity contribution in [1.82, 2.24) is 4.40 Å². The average molecular weight is 392 g/mol. The molecule has 2 heterocycles. The maximum absolute atomic E-state index is 12.4. The van der Waals surface area contributed by atoms with Crippen LogP contribution in [0, 0.1) is 11.3 Å². The zero-order valence-electron chi connectivity index (χ0n) is 11.7. The molecule has 0 bridgehead atoms. The molecule has 2 aromatic heterocycles. The highest BCUT2D eigenvalue weighted by molar-refractivity contribution is 7.98. The Hall–Kier alpha value is -1.39. The number of nitrogens with zero attached hydrogens (tertiary/aromatic N) is 2. The standard InChI is InChI=1S/C14H9Cl3N2O3S/c1-23-11-8(6-18)12(20)19-5-3-2-4-9(19)10(11)13(21)22-7-14(15,16)17/h2-5H,7H2,1H3. The Morgan fingerprint density at radius 3 is 2.70 bits per heavy atom. The molecule has 0 fully saturated rings. The van der Waals surface area contributed by atoms with Crippen molar-refractivity contribution in [2.75, 3.05) is 12.9 Å². The fraction of sp³-hybridized carbons (Fsp3) is 0.214. The maximum Gasteiger partial charge on any atom is 0.341 e. The van der Waals surface area contributed by atoms with Crippen LogP contribution in [0.15, 0.2) is 34.1 Å². The van der Waals surface area contributed by atoms with Gasteiger partial charge in [0.25, 0.3) is 5.56 Å². The number of nitriles is 1. The number of ether oxygens (including phenoxy) is 1. The maximum atomic E-state index is 12.4. The van der Waals surface area contributed by atoms with Crippen molar-refractivity contribution in [2.24, 2.45) is 0 Å². The number of alkyl halides is 3. The summed E-state index contributed by atoms with van der Waals surface area (Å²) >= 11 is 17.8. The van der Waals surface area contributed by atoms with E-state index in [2.05, 4.69) is 0 Å². The van der Waals surface area contributed by atoms with Crippen molar-refractivity contribution in [3.8, 4) is 6.07 Å². The molecule has 0 amide bonds. The minimum atomic E-state index is -1.76. The Morgan fingerprint density at radius 2 is 2.13 bits per heavy atom. The molecule has 2 rings (SSSR count). The predicted octanol–water partition coefficient (Wildman–Crippen LogP) is 3.42. The van der Waals surface area contributed by atoms with Crippen molar-refractivity contribution in [3.05, 3.63) is 45.9 Å². The van der Waals surface area contributed by atoms with E-state index < -0.39 is 21.9 Å². The Kier molecular flexibility index (Phi) is 5.48. The lowest BCUT2D eigenvalue weighted by atomic mass is 10.1. The lowest BCUT2D eigenvalue weighted by Gasteiger charge is -2.15. The summed E-state index contributed by atoms with van der Waals surface area (Å²) in [7, 11) is 0. The van der Waals surface area contributed by atoms with Crippen molar-refractivity contribution in [2.45, 2.75) is 8.69 Å². The van der Waals surface area contributed by atoms with E-state index in [1.165, 1.54) is 10.6 Å². The van der Waals surface area contributed by atoms with Crippen molar-refractivity contribution >= 4 is 58.1 Å². The fourth-order valence-corrected chi connectivity index (χ4v) is 2.90. The lowest BCUT2D eigenvalue weighted by Crippen LogP contribution is -2.24. The van der Waals surface area contributed by atoms with Gasteiger partial charge >= 0.3 is 5.97 Å². The molecule has 2 aromatic rings. The molecule has 0 N–H and O–H groups in total. The van der Waals surface area contributed by atoms with Gasteiger partial charge in [0.05, 0.1) is 11.1 Å². The van der Waals surface area contributed by atoms with Gasteiger partial charge in [-0.25, -0.2) is 4.79 Å². The van der Waals surface area contributed by atoms with Crippen LogP contribution in [0.4, 0.5) is 0 Å². The normalized spacial score (nSPS) is 11.3. The Morgan fingerprint density at radius 1 is 1.43 bits per heavy atom. The van der Waals surface area contributed by atoms with E-state index >= 15 is 0 Å². The molecule has 23 heavy (non-hydrogen) atoms. The Labute approximate surface area is 150 Å². The summed E-state index contributed by atoms with van der Waals surface area (Å²) in [5.41, 5.74) is -0.244. The molecule has 0 saturated carbocycles. The van der Waals surface area contributed by atoms with E-state index in [0.29, 0.717) is 5.52 Å². The Balaban J connectivity index is 2.71. The number of fused-ring (bicyclic) bond motifs is 1. The summed E-state index contributed by atoms with van der Waals surface area (Å²) in [5.74, 6) is -0.777. The molecule has 0 aliphatic carbocycles. The van der Waals surface area contributed by atoms with Gasteiger partial charge in [-0.1, -0.05) is 40.9 Å². The highest BCUT2D eigenvalue weighted by Gasteiger charge is 2.27. The van der Waals surface area contributed by atoms with E-state index in [-0.39, 0.29) is 16.0 Å². The zero-order chi connectivity index (χ0) is 17.2. The SMILES string of the molecule is CSc1c(C#N)c(=O)n2ccccc2c1C(=O)OCC(Cl)(Cl)Cl. The third-order valence-corrected chi connectivity index (χ3v) is 4.03.